The Morgan fingerprint density at radius 3 is 2.63 bits per heavy atom. The third-order valence-corrected chi connectivity index (χ3v) is 9.24. The van der Waals surface area contributed by atoms with E-state index in [1.807, 2.05) is 24.3 Å². The molecule has 206 valence electrons. The first-order chi connectivity index (χ1) is 18.3. The number of nitrogens with zero attached hydrogens (tertiary/aromatic N) is 1. The molecule has 1 saturated heterocycles. The van der Waals surface area contributed by atoms with Gasteiger partial charge in [-0.15, -0.1) is 0 Å². The van der Waals surface area contributed by atoms with Crippen LogP contribution in [0, 0.1) is 0 Å². The van der Waals surface area contributed by atoms with E-state index in [0.717, 1.165) is 96.7 Å². The fourth-order valence-corrected chi connectivity index (χ4v) is 6.63. The van der Waals surface area contributed by atoms with Crippen LogP contribution in [-0.2, 0) is 22.4 Å². The molecule has 0 radical (unpaired) electrons. The number of amides is 1. The van der Waals surface area contributed by atoms with Gasteiger partial charge in [-0.1, -0.05) is 46.7 Å². The largest absolute Gasteiger partial charge is 0.506 e. The maximum atomic E-state index is 11.8. The summed E-state index contributed by atoms with van der Waals surface area (Å²) in [5.74, 6) is -0.200. The quantitative estimate of drug-likeness (QED) is 0.181. The van der Waals surface area contributed by atoms with Crippen molar-refractivity contribution in [3.8, 4) is 5.75 Å². The Hall–Kier alpha value is -2.14. The fourth-order valence-electron chi connectivity index (χ4n) is 5.42. The number of aromatic amines is 1. The number of phenolic OH excluding ortho intramolecular Hbond substituents is 1. The van der Waals surface area contributed by atoms with Crippen LogP contribution < -0.4 is 15.9 Å². The number of hydrogen-bond acceptors (Lipinski definition) is 6. The smallest absolute Gasteiger partial charge is 0.305 e. The maximum absolute atomic E-state index is 11.8. The molecule has 1 aliphatic heterocycles. The number of hydrogen-bond donors (Lipinski definition) is 4. The minimum Gasteiger partial charge on any atom is -0.506 e. The summed E-state index contributed by atoms with van der Waals surface area (Å²) in [4.78, 5) is 26.2. The number of rotatable bonds is 13. The Balaban J connectivity index is 1.44. The number of nitrogens with one attached hydrogen (secondary N) is 2. The second-order valence-corrected chi connectivity index (χ2v) is 11.7. The average Bonchev–Trinajstić information content (AvgIpc) is 3.31. The topological polar surface area (TPSA) is 117 Å². The number of nitrogens with two attached hydrogens (primary N) is 1. The molecule has 0 saturated carbocycles. The van der Waals surface area contributed by atoms with Gasteiger partial charge in [0.15, 0.2) is 0 Å². The van der Waals surface area contributed by atoms with Crippen molar-refractivity contribution in [2.24, 2.45) is 5.73 Å². The first-order valence-electron chi connectivity index (χ1n) is 13.0. The van der Waals surface area contributed by atoms with E-state index in [1.54, 1.807) is 6.07 Å². The van der Waals surface area contributed by atoms with Crippen molar-refractivity contribution in [2.75, 3.05) is 45.9 Å². The Labute approximate surface area is 236 Å². The second kappa shape index (κ2) is 13.3. The van der Waals surface area contributed by atoms with Crippen LogP contribution in [0.1, 0.15) is 30.4 Å². The number of thiazole rings is 1. The summed E-state index contributed by atoms with van der Waals surface area (Å²) < 4.78 is 7.24. The number of H-pyrrole nitrogens is 1. The van der Waals surface area contributed by atoms with E-state index in [2.05, 4.69) is 10.3 Å². The highest BCUT2D eigenvalue weighted by molar-refractivity contribution is 7.16. The Morgan fingerprint density at radius 1 is 1.11 bits per heavy atom. The van der Waals surface area contributed by atoms with Crippen LogP contribution in [0.15, 0.2) is 35.1 Å². The van der Waals surface area contributed by atoms with Gasteiger partial charge in [-0.2, -0.15) is 0 Å². The predicted octanol–water partition coefficient (Wildman–Crippen LogP) is 3.85. The SMILES string of the molecule is NC(=O)CC[N+](CCNCCc1ccc(O)c2[nH]c(=O)sc12)(CCc1ccc(Cl)c(Cl)c1)C1CCOCC1. The molecule has 0 spiro atoms. The van der Waals surface area contributed by atoms with E-state index in [0.29, 0.717) is 34.6 Å². The molecule has 5 N–H and O–H groups in total. The lowest BCUT2D eigenvalue weighted by Crippen LogP contribution is -2.61. The first kappa shape index (κ1) is 28.9. The molecule has 11 heteroatoms. The van der Waals surface area contributed by atoms with Gasteiger partial charge in [0.05, 0.1) is 60.1 Å². The first-order valence-corrected chi connectivity index (χ1v) is 14.5. The summed E-state index contributed by atoms with van der Waals surface area (Å²) >= 11 is 13.5. The van der Waals surface area contributed by atoms with Gasteiger partial charge in [-0.05, 0) is 42.3 Å². The minimum atomic E-state index is -0.288. The normalized spacial score (nSPS) is 16.1. The number of aromatic hydroxyl groups is 1. The van der Waals surface area contributed by atoms with E-state index in [4.69, 9.17) is 33.7 Å². The fraction of sp³-hybridized carbons (Fsp3) is 0.481. The zero-order valence-corrected chi connectivity index (χ0v) is 23.6. The van der Waals surface area contributed by atoms with Crippen LogP contribution in [0.4, 0.5) is 0 Å². The van der Waals surface area contributed by atoms with Gasteiger partial charge in [-0.3, -0.25) is 9.59 Å². The van der Waals surface area contributed by atoms with Crippen molar-refractivity contribution < 1.29 is 19.1 Å². The Kier molecular flexibility index (Phi) is 10.1. The molecule has 1 aromatic heterocycles. The van der Waals surface area contributed by atoms with Crippen LogP contribution in [-0.4, -0.2) is 72.5 Å². The van der Waals surface area contributed by atoms with Crippen molar-refractivity contribution in [3.63, 3.8) is 0 Å². The van der Waals surface area contributed by atoms with E-state index in [9.17, 15) is 14.7 Å². The highest BCUT2D eigenvalue weighted by atomic mass is 35.5. The average molecular weight is 583 g/mol. The number of fused-ring (bicyclic) bond motifs is 1. The second-order valence-electron chi connectivity index (χ2n) is 9.91. The van der Waals surface area contributed by atoms with Crippen molar-refractivity contribution in [2.45, 2.75) is 38.1 Å². The molecule has 0 aliphatic carbocycles. The molecule has 3 aromatic rings. The molecule has 2 aromatic carbocycles. The van der Waals surface area contributed by atoms with Crippen LogP contribution in [0.3, 0.4) is 0 Å². The van der Waals surface area contributed by atoms with Gasteiger partial charge in [0, 0.05) is 25.8 Å². The molecule has 38 heavy (non-hydrogen) atoms. The lowest BCUT2D eigenvalue weighted by Gasteiger charge is -2.46. The predicted molar refractivity (Wildman–Crippen MR) is 153 cm³/mol. The minimum absolute atomic E-state index is 0.0880. The van der Waals surface area contributed by atoms with E-state index >= 15 is 0 Å². The molecule has 1 unspecified atom stereocenters. The molecule has 1 atom stereocenters. The summed E-state index contributed by atoms with van der Waals surface area (Å²) in [6, 6.07) is 9.63. The third-order valence-electron chi connectivity index (χ3n) is 7.54. The van der Waals surface area contributed by atoms with Crippen LogP contribution in [0.5, 0.6) is 5.75 Å². The van der Waals surface area contributed by atoms with E-state index < -0.39 is 0 Å². The zero-order chi connectivity index (χ0) is 27.1. The van der Waals surface area contributed by atoms with Crippen molar-refractivity contribution >= 4 is 50.7 Å². The highest BCUT2D eigenvalue weighted by Crippen LogP contribution is 2.29. The molecule has 4 rings (SSSR count). The van der Waals surface area contributed by atoms with E-state index in [1.165, 1.54) is 0 Å². The molecule has 1 aliphatic rings. The van der Waals surface area contributed by atoms with Crippen LogP contribution in [0.2, 0.25) is 10.0 Å². The Morgan fingerprint density at radius 2 is 1.89 bits per heavy atom. The number of halogens is 2. The summed E-state index contributed by atoms with van der Waals surface area (Å²) in [6.07, 6.45) is 3.75. The van der Waals surface area contributed by atoms with Gasteiger partial charge in [0.2, 0.25) is 5.91 Å². The van der Waals surface area contributed by atoms with Crippen LogP contribution in [0.25, 0.3) is 10.2 Å². The molecule has 0 bridgehead atoms. The standard InChI is InChI=1S/C27H34Cl2N4O4S/c28-21-3-1-18(17-22(21)29)6-12-33(13-7-24(30)35,20-8-15-37-16-9-20)14-11-31-10-5-19-2-4-23(34)25-26(19)38-27(36)32-25/h1-4,17,20,31H,5-16H2,(H3-,30,32,34,35,36)/p+1. The summed E-state index contributed by atoms with van der Waals surface area (Å²) in [5, 5.41) is 14.7. The van der Waals surface area contributed by atoms with Gasteiger partial charge in [0.25, 0.3) is 0 Å². The number of ether oxygens (including phenoxy) is 1. The number of carbonyl (C=O) groups is 1. The summed E-state index contributed by atoms with van der Waals surface area (Å²) in [6.45, 7) is 5.31. The van der Waals surface area contributed by atoms with E-state index in [-0.39, 0.29) is 16.5 Å². The van der Waals surface area contributed by atoms with Crippen molar-refractivity contribution in [1.29, 1.82) is 0 Å². The highest BCUT2D eigenvalue weighted by Gasteiger charge is 2.37. The molecule has 8 nitrogen and oxygen atoms in total. The Bertz CT molecular complexity index is 1310. The summed E-state index contributed by atoms with van der Waals surface area (Å²) in [5.41, 5.74) is 8.24. The van der Waals surface area contributed by atoms with Gasteiger partial charge < -0.3 is 30.4 Å². The van der Waals surface area contributed by atoms with Crippen LogP contribution >= 0.6 is 34.5 Å². The lowest BCUT2D eigenvalue weighted by molar-refractivity contribution is -0.951. The number of primary amides is 1. The molecular formula is C27H35Cl2N4O4S+. The summed E-state index contributed by atoms with van der Waals surface area (Å²) in [7, 11) is 0. The zero-order valence-electron chi connectivity index (χ0n) is 21.3. The molecule has 1 fully saturated rings. The molecule has 2 heterocycles. The van der Waals surface area contributed by atoms with Gasteiger partial charge in [-0.25, -0.2) is 0 Å². The van der Waals surface area contributed by atoms with Gasteiger partial charge in [0.1, 0.15) is 11.3 Å². The molecule has 1 amide bonds. The monoisotopic (exact) mass is 581 g/mol. The number of benzene rings is 2. The number of phenols is 1. The number of carbonyl (C=O) groups excluding carboxylic acids is 1. The van der Waals surface area contributed by atoms with Gasteiger partial charge >= 0.3 is 4.87 Å². The molecular weight excluding hydrogens is 547 g/mol. The maximum Gasteiger partial charge on any atom is 0.305 e. The van der Waals surface area contributed by atoms with Crippen molar-refractivity contribution in [1.82, 2.24) is 10.3 Å². The number of aromatic nitrogens is 1. The lowest BCUT2D eigenvalue weighted by atomic mass is 10.00. The van der Waals surface area contributed by atoms with Crippen molar-refractivity contribution in [3.05, 3.63) is 61.2 Å². The number of quaternary nitrogens is 1. The third kappa shape index (κ3) is 7.28.